The van der Waals surface area contributed by atoms with Gasteiger partial charge in [0.05, 0.1) is 0 Å². The van der Waals surface area contributed by atoms with Gasteiger partial charge in [-0.15, -0.1) is 24.0 Å². The summed E-state index contributed by atoms with van der Waals surface area (Å²) in [6.07, 6.45) is 4.53. The van der Waals surface area contributed by atoms with Crippen molar-refractivity contribution >= 4 is 36.0 Å². The van der Waals surface area contributed by atoms with E-state index in [0.29, 0.717) is 12.5 Å². The first-order valence-electron chi connectivity index (χ1n) is 9.70. The number of carbonyl (C=O) groups is 1. The zero-order chi connectivity index (χ0) is 19.7. The summed E-state index contributed by atoms with van der Waals surface area (Å²) in [5, 5.41) is 6.69. The summed E-state index contributed by atoms with van der Waals surface area (Å²) in [4.78, 5) is 22.7. The van der Waals surface area contributed by atoms with Crippen molar-refractivity contribution in [1.82, 2.24) is 20.5 Å². The minimum Gasteiger partial charge on any atom is -0.444 e. The van der Waals surface area contributed by atoms with Crippen LogP contribution in [0.15, 0.2) is 29.4 Å². The van der Waals surface area contributed by atoms with Gasteiger partial charge >= 0.3 is 6.09 Å². The number of nitrogens with zero attached hydrogens (tertiary/aromatic N) is 3. The second kappa shape index (κ2) is 12.1. The van der Waals surface area contributed by atoms with E-state index in [2.05, 4.69) is 20.6 Å². The summed E-state index contributed by atoms with van der Waals surface area (Å²) < 4.78 is 5.49. The van der Waals surface area contributed by atoms with Crippen LogP contribution in [0.25, 0.3) is 0 Å². The van der Waals surface area contributed by atoms with E-state index in [0.717, 1.165) is 50.6 Å². The van der Waals surface area contributed by atoms with Gasteiger partial charge in [0.15, 0.2) is 5.96 Å². The van der Waals surface area contributed by atoms with Crippen LogP contribution in [-0.4, -0.2) is 60.8 Å². The van der Waals surface area contributed by atoms with E-state index in [1.165, 1.54) is 0 Å². The molecule has 0 aliphatic carbocycles. The first kappa shape index (κ1) is 24.5. The van der Waals surface area contributed by atoms with Crippen LogP contribution in [0.1, 0.15) is 39.3 Å². The predicted molar refractivity (Wildman–Crippen MR) is 123 cm³/mol. The van der Waals surface area contributed by atoms with Gasteiger partial charge in [-0.05, 0) is 51.7 Å². The van der Waals surface area contributed by atoms with Crippen molar-refractivity contribution in [2.75, 3.05) is 33.2 Å². The van der Waals surface area contributed by atoms with Crippen LogP contribution >= 0.6 is 24.0 Å². The number of piperidine rings is 1. The largest absolute Gasteiger partial charge is 0.444 e. The molecule has 7 nitrogen and oxygen atoms in total. The lowest BCUT2D eigenvalue weighted by molar-refractivity contribution is 0.0168. The number of ether oxygens (including phenoxy) is 1. The fraction of sp³-hybridized carbons (Fsp3) is 0.650. The molecule has 0 aromatic carbocycles. The maximum absolute atomic E-state index is 12.3. The molecular formula is C20H34IN5O2. The molecule has 1 aromatic rings. The third-order valence-electron chi connectivity index (χ3n) is 4.35. The first-order valence-corrected chi connectivity index (χ1v) is 9.70. The first-order chi connectivity index (χ1) is 12.9. The average molecular weight is 503 g/mol. The molecule has 1 aromatic heterocycles. The molecule has 1 atom stereocenters. The Balaban J connectivity index is 0.00000392. The molecule has 0 saturated carbocycles. The number of aromatic nitrogens is 1. The minimum absolute atomic E-state index is 0. The summed E-state index contributed by atoms with van der Waals surface area (Å²) in [6.45, 7) is 8.72. The smallest absolute Gasteiger partial charge is 0.410 e. The quantitative estimate of drug-likeness (QED) is 0.367. The number of rotatable bonds is 5. The number of guanidine groups is 1. The lowest BCUT2D eigenvalue weighted by Gasteiger charge is -2.34. The molecule has 1 saturated heterocycles. The molecule has 1 aliphatic rings. The number of nitrogens with one attached hydrogen (secondary N) is 2. The third-order valence-corrected chi connectivity index (χ3v) is 4.35. The van der Waals surface area contributed by atoms with Crippen molar-refractivity contribution in [3.05, 3.63) is 30.1 Å². The van der Waals surface area contributed by atoms with E-state index < -0.39 is 5.60 Å². The monoisotopic (exact) mass is 503 g/mol. The Morgan fingerprint density at radius 2 is 2.14 bits per heavy atom. The maximum atomic E-state index is 12.3. The Bertz CT molecular complexity index is 619. The lowest BCUT2D eigenvalue weighted by atomic mass is 9.98. The van der Waals surface area contributed by atoms with E-state index in [1.54, 1.807) is 7.05 Å². The summed E-state index contributed by atoms with van der Waals surface area (Å²) >= 11 is 0. The predicted octanol–water partition coefficient (Wildman–Crippen LogP) is 3.05. The van der Waals surface area contributed by atoms with Crippen LogP contribution in [0.5, 0.6) is 0 Å². The zero-order valence-corrected chi connectivity index (χ0v) is 19.7. The number of aliphatic imine (C=N–C) groups is 1. The number of hydrogen-bond acceptors (Lipinski definition) is 4. The molecule has 1 unspecified atom stereocenters. The Morgan fingerprint density at radius 3 is 2.79 bits per heavy atom. The van der Waals surface area contributed by atoms with Gasteiger partial charge in [0.1, 0.15) is 5.60 Å². The summed E-state index contributed by atoms with van der Waals surface area (Å²) in [6, 6.07) is 5.93. The molecule has 0 spiro atoms. The van der Waals surface area contributed by atoms with Crippen molar-refractivity contribution in [3.8, 4) is 0 Å². The standard InChI is InChI=1S/C20H33N5O2.HI/c1-20(2,3)27-19(26)25-13-7-8-16(15-25)14-24-18(21-4)23-12-10-17-9-5-6-11-22-17;/h5-6,9,11,16H,7-8,10,12-15H2,1-4H3,(H2,21,23,24);1H. The van der Waals surface area contributed by atoms with Gasteiger partial charge in [-0.25, -0.2) is 4.79 Å². The van der Waals surface area contributed by atoms with E-state index >= 15 is 0 Å². The number of pyridine rings is 1. The Morgan fingerprint density at radius 1 is 1.36 bits per heavy atom. The van der Waals surface area contributed by atoms with Gasteiger partial charge < -0.3 is 20.3 Å². The average Bonchev–Trinajstić information content (AvgIpc) is 2.64. The Labute approximate surface area is 185 Å². The summed E-state index contributed by atoms with van der Waals surface area (Å²) in [5.41, 5.74) is 0.600. The van der Waals surface area contributed by atoms with Crippen LogP contribution in [0, 0.1) is 5.92 Å². The van der Waals surface area contributed by atoms with E-state index in [9.17, 15) is 4.79 Å². The number of amides is 1. The summed E-state index contributed by atoms with van der Waals surface area (Å²) in [5.74, 6) is 1.17. The van der Waals surface area contributed by atoms with Gasteiger partial charge in [-0.1, -0.05) is 6.07 Å². The van der Waals surface area contributed by atoms with Crippen molar-refractivity contribution in [2.45, 2.75) is 45.6 Å². The SMILES string of the molecule is CN=C(NCCc1ccccn1)NCC1CCCN(C(=O)OC(C)(C)C)C1.I. The van der Waals surface area contributed by atoms with Crippen LogP contribution in [-0.2, 0) is 11.2 Å². The maximum Gasteiger partial charge on any atom is 0.410 e. The van der Waals surface area contributed by atoms with E-state index in [4.69, 9.17) is 4.74 Å². The molecule has 2 rings (SSSR count). The highest BCUT2D eigenvalue weighted by Gasteiger charge is 2.27. The topological polar surface area (TPSA) is 78.9 Å². The molecular weight excluding hydrogens is 469 g/mol. The van der Waals surface area contributed by atoms with Crippen molar-refractivity contribution in [3.63, 3.8) is 0 Å². The van der Waals surface area contributed by atoms with Crippen molar-refractivity contribution in [1.29, 1.82) is 0 Å². The van der Waals surface area contributed by atoms with Crippen LogP contribution in [0.2, 0.25) is 0 Å². The molecule has 1 amide bonds. The van der Waals surface area contributed by atoms with Crippen molar-refractivity contribution < 1.29 is 9.53 Å². The normalized spacial score (nSPS) is 17.5. The van der Waals surface area contributed by atoms with E-state index in [-0.39, 0.29) is 30.1 Å². The number of halogens is 1. The molecule has 2 N–H and O–H groups in total. The van der Waals surface area contributed by atoms with Gasteiger partial charge in [-0.2, -0.15) is 0 Å². The number of carbonyl (C=O) groups excluding carboxylic acids is 1. The van der Waals surface area contributed by atoms with Crippen molar-refractivity contribution in [2.24, 2.45) is 10.9 Å². The molecule has 8 heteroatoms. The molecule has 0 radical (unpaired) electrons. The van der Waals surface area contributed by atoms with Gasteiger partial charge in [-0.3, -0.25) is 9.98 Å². The van der Waals surface area contributed by atoms with Crippen LogP contribution in [0.4, 0.5) is 4.79 Å². The van der Waals surface area contributed by atoms with E-state index in [1.807, 2.05) is 50.1 Å². The number of likely N-dealkylation sites (tertiary alicyclic amines) is 1. The second-order valence-corrected chi connectivity index (χ2v) is 7.89. The highest BCUT2D eigenvalue weighted by atomic mass is 127. The summed E-state index contributed by atoms with van der Waals surface area (Å²) in [7, 11) is 1.77. The van der Waals surface area contributed by atoms with Crippen LogP contribution < -0.4 is 10.6 Å². The zero-order valence-electron chi connectivity index (χ0n) is 17.4. The van der Waals surface area contributed by atoms with Gasteiger partial charge in [0.2, 0.25) is 0 Å². The Hall–Kier alpha value is -1.58. The Kier molecular flexibility index (Phi) is 10.6. The second-order valence-electron chi connectivity index (χ2n) is 7.89. The molecule has 0 bridgehead atoms. The fourth-order valence-electron chi connectivity index (χ4n) is 3.04. The molecule has 1 fully saturated rings. The minimum atomic E-state index is -0.457. The fourth-order valence-corrected chi connectivity index (χ4v) is 3.04. The molecule has 158 valence electrons. The molecule has 1 aliphatic heterocycles. The lowest BCUT2D eigenvalue weighted by Crippen LogP contribution is -2.47. The molecule has 2 heterocycles. The molecule has 28 heavy (non-hydrogen) atoms. The van der Waals surface area contributed by atoms with Crippen LogP contribution in [0.3, 0.4) is 0 Å². The third kappa shape index (κ3) is 9.07. The highest BCUT2D eigenvalue weighted by Crippen LogP contribution is 2.18. The van der Waals surface area contributed by atoms with Gasteiger partial charge in [0, 0.05) is 51.5 Å². The number of hydrogen-bond donors (Lipinski definition) is 2. The highest BCUT2D eigenvalue weighted by molar-refractivity contribution is 14.0. The van der Waals surface area contributed by atoms with Gasteiger partial charge in [0.25, 0.3) is 0 Å².